The van der Waals surface area contributed by atoms with Gasteiger partial charge in [0.15, 0.2) is 0 Å². The van der Waals surface area contributed by atoms with Crippen LogP contribution in [-0.2, 0) is 10.2 Å². The van der Waals surface area contributed by atoms with E-state index >= 15 is 0 Å². The summed E-state index contributed by atoms with van der Waals surface area (Å²) < 4.78 is 28.0. The largest absolute Gasteiger partial charge is 0.327 e. The predicted octanol–water partition coefficient (Wildman–Crippen LogP) is 0.386. The molecule has 0 aliphatic carbocycles. The molecule has 2 aliphatic heterocycles. The Kier molecular flexibility index (Phi) is 4.07. The van der Waals surface area contributed by atoms with Crippen LogP contribution in [0.4, 0.5) is 0 Å². The summed E-state index contributed by atoms with van der Waals surface area (Å²) in [4.78, 5) is 0. The molecule has 0 spiro atoms. The molecule has 2 atom stereocenters. The summed E-state index contributed by atoms with van der Waals surface area (Å²) in [5.74, 6) is 0.307. The number of nitrogens with zero attached hydrogens (tertiary/aromatic N) is 2. The Hall–Kier alpha value is -0.170. The first-order chi connectivity index (χ1) is 8.05. The smallest absolute Gasteiger partial charge is 0.281 e. The van der Waals surface area contributed by atoms with Gasteiger partial charge in [-0.2, -0.15) is 17.0 Å². The molecule has 2 saturated heterocycles. The van der Waals surface area contributed by atoms with E-state index in [2.05, 4.69) is 6.92 Å². The first-order valence-electron chi connectivity index (χ1n) is 6.56. The van der Waals surface area contributed by atoms with Crippen molar-refractivity contribution in [2.24, 2.45) is 11.7 Å². The monoisotopic (exact) mass is 261 g/mol. The van der Waals surface area contributed by atoms with E-state index in [-0.39, 0.29) is 6.04 Å². The minimum absolute atomic E-state index is 0.157. The molecule has 100 valence electrons. The van der Waals surface area contributed by atoms with E-state index < -0.39 is 10.2 Å². The Morgan fingerprint density at radius 1 is 1.18 bits per heavy atom. The zero-order valence-electron chi connectivity index (χ0n) is 10.5. The molecule has 2 unspecified atom stereocenters. The number of piperidine rings is 1. The highest BCUT2D eigenvalue weighted by molar-refractivity contribution is 7.86. The summed E-state index contributed by atoms with van der Waals surface area (Å²) in [6, 6.07) is 0.157. The van der Waals surface area contributed by atoms with Gasteiger partial charge in [0.2, 0.25) is 0 Å². The van der Waals surface area contributed by atoms with E-state index in [0.717, 1.165) is 25.7 Å². The lowest BCUT2D eigenvalue weighted by Gasteiger charge is -2.37. The summed E-state index contributed by atoms with van der Waals surface area (Å²) >= 11 is 0. The molecule has 0 amide bonds. The molecule has 0 saturated carbocycles. The van der Waals surface area contributed by atoms with Crippen LogP contribution >= 0.6 is 0 Å². The first-order valence-corrected chi connectivity index (χ1v) is 7.96. The second-order valence-electron chi connectivity index (χ2n) is 5.09. The van der Waals surface area contributed by atoms with Crippen molar-refractivity contribution in [1.29, 1.82) is 0 Å². The molecule has 2 heterocycles. The molecule has 0 aromatic rings. The molecule has 0 radical (unpaired) electrons. The van der Waals surface area contributed by atoms with Gasteiger partial charge in [-0.25, -0.2) is 0 Å². The van der Waals surface area contributed by atoms with Crippen molar-refractivity contribution in [3.63, 3.8) is 0 Å². The molecule has 0 aromatic heterocycles. The first kappa shape index (κ1) is 13.3. The van der Waals surface area contributed by atoms with Gasteiger partial charge < -0.3 is 5.73 Å². The number of hydrogen-bond donors (Lipinski definition) is 1. The Labute approximate surface area is 104 Å². The number of nitrogens with two attached hydrogens (primary N) is 1. The zero-order chi connectivity index (χ0) is 12.5. The third-order valence-corrected chi connectivity index (χ3v) is 6.00. The van der Waals surface area contributed by atoms with Crippen LogP contribution in [0.2, 0.25) is 0 Å². The van der Waals surface area contributed by atoms with E-state index in [1.165, 1.54) is 0 Å². The lowest BCUT2D eigenvalue weighted by atomic mass is 9.92. The van der Waals surface area contributed by atoms with Gasteiger partial charge in [-0.3, -0.25) is 0 Å². The van der Waals surface area contributed by atoms with Crippen molar-refractivity contribution in [2.45, 2.75) is 38.6 Å². The van der Waals surface area contributed by atoms with E-state index in [1.54, 1.807) is 8.61 Å². The van der Waals surface area contributed by atoms with E-state index in [9.17, 15) is 8.42 Å². The minimum Gasteiger partial charge on any atom is -0.327 e. The topological polar surface area (TPSA) is 66.6 Å². The summed E-state index contributed by atoms with van der Waals surface area (Å²) in [5, 5.41) is 0. The third-order valence-electron chi connectivity index (χ3n) is 4.00. The molecule has 0 aromatic carbocycles. The van der Waals surface area contributed by atoms with E-state index in [1.807, 2.05) is 0 Å². The SMILES string of the molecule is CCC1CN(S(=O)(=O)N2CCCC2)CCC1N. The second-order valence-corrected chi connectivity index (χ2v) is 7.02. The fraction of sp³-hybridized carbons (Fsp3) is 1.00. The van der Waals surface area contributed by atoms with Crippen molar-refractivity contribution in [2.75, 3.05) is 26.2 Å². The normalized spacial score (nSPS) is 33.1. The zero-order valence-corrected chi connectivity index (χ0v) is 11.3. The Balaban J connectivity index is 2.06. The summed E-state index contributed by atoms with van der Waals surface area (Å²) in [6.07, 6.45) is 3.71. The fourth-order valence-electron chi connectivity index (χ4n) is 2.74. The summed E-state index contributed by atoms with van der Waals surface area (Å²) in [5.41, 5.74) is 6.01. The van der Waals surface area contributed by atoms with Crippen molar-refractivity contribution < 1.29 is 8.42 Å². The average Bonchev–Trinajstić information content (AvgIpc) is 2.83. The molecule has 2 rings (SSSR count). The van der Waals surface area contributed by atoms with Gasteiger partial charge in [-0.05, 0) is 25.2 Å². The van der Waals surface area contributed by atoms with Gasteiger partial charge in [-0.1, -0.05) is 13.3 Å². The minimum atomic E-state index is -3.22. The van der Waals surface area contributed by atoms with Crippen LogP contribution in [0.1, 0.15) is 32.6 Å². The van der Waals surface area contributed by atoms with Crippen LogP contribution in [0, 0.1) is 5.92 Å². The Bertz CT molecular complexity index is 352. The Morgan fingerprint density at radius 3 is 2.41 bits per heavy atom. The molecule has 17 heavy (non-hydrogen) atoms. The maximum absolute atomic E-state index is 12.4. The van der Waals surface area contributed by atoms with Crippen molar-refractivity contribution in [1.82, 2.24) is 8.61 Å². The molecular formula is C11H23N3O2S. The van der Waals surface area contributed by atoms with Crippen LogP contribution in [0.15, 0.2) is 0 Å². The summed E-state index contributed by atoms with van der Waals surface area (Å²) in [7, 11) is -3.22. The van der Waals surface area contributed by atoms with Crippen LogP contribution in [0.3, 0.4) is 0 Å². The van der Waals surface area contributed by atoms with Crippen LogP contribution in [0.5, 0.6) is 0 Å². The second kappa shape index (κ2) is 5.22. The highest BCUT2D eigenvalue weighted by atomic mass is 32.2. The maximum Gasteiger partial charge on any atom is 0.281 e. The van der Waals surface area contributed by atoms with Crippen molar-refractivity contribution in [3.8, 4) is 0 Å². The van der Waals surface area contributed by atoms with Gasteiger partial charge in [0.1, 0.15) is 0 Å². The maximum atomic E-state index is 12.4. The van der Waals surface area contributed by atoms with Crippen LogP contribution < -0.4 is 5.73 Å². The van der Waals surface area contributed by atoms with E-state index in [0.29, 0.717) is 32.1 Å². The number of rotatable bonds is 3. The summed E-state index contributed by atoms with van der Waals surface area (Å²) in [6.45, 7) is 4.62. The van der Waals surface area contributed by atoms with Gasteiger partial charge >= 0.3 is 0 Å². The lowest BCUT2D eigenvalue weighted by molar-refractivity contribution is 0.220. The van der Waals surface area contributed by atoms with Gasteiger partial charge in [-0.15, -0.1) is 0 Å². The third kappa shape index (κ3) is 2.65. The van der Waals surface area contributed by atoms with Crippen LogP contribution in [0.25, 0.3) is 0 Å². The van der Waals surface area contributed by atoms with Gasteiger partial charge in [0.05, 0.1) is 0 Å². The fourth-order valence-corrected chi connectivity index (χ4v) is 4.50. The lowest BCUT2D eigenvalue weighted by Crippen LogP contribution is -2.52. The van der Waals surface area contributed by atoms with Gasteiger partial charge in [0.25, 0.3) is 10.2 Å². The molecular weight excluding hydrogens is 238 g/mol. The highest BCUT2D eigenvalue weighted by Gasteiger charge is 2.36. The highest BCUT2D eigenvalue weighted by Crippen LogP contribution is 2.24. The molecule has 5 nitrogen and oxygen atoms in total. The van der Waals surface area contributed by atoms with Crippen molar-refractivity contribution >= 4 is 10.2 Å². The molecule has 2 aliphatic rings. The quantitative estimate of drug-likeness (QED) is 0.799. The molecule has 2 fully saturated rings. The predicted molar refractivity (Wildman–Crippen MR) is 67.7 cm³/mol. The molecule has 6 heteroatoms. The standard InChI is InChI=1S/C11H23N3O2S/c1-2-10-9-14(8-5-11(10)12)17(15,16)13-6-3-4-7-13/h10-11H,2-9,12H2,1H3. The molecule has 0 bridgehead atoms. The Morgan fingerprint density at radius 2 is 1.82 bits per heavy atom. The van der Waals surface area contributed by atoms with E-state index in [4.69, 9.17) is 5.73 Å². The van der Waals surface area contributed by atoms with Crippen molar-refractivity contribution in [3.05, 3.63) is 0 Å². The van der Waals surface area contributed by atoms with Gasteiger partial charge in [0, 0.05) is 32.2 Å². The number of hydrogen-bond acceptors (Lipinski definition) is 3. The average molecular weight is 261 g/mol. The molecule has 2 N–H and O–H groups in total. The van der Waals surface area contributed by atoms with Crippen LogP contribution in [-0.4, -0.2) is 49.2 Å².